The summed E-state index contributed by atoms with van der Waals surface area (Å²) in [6.45, 7) is 1.37. The minimum atomic E-state index is -1.10. The molecule has 0 amide bonds. The highest BCUT2D eigenvalue weighted by atomic mass is 19.1. The maximum Gasteiger partial charge on any atom is 0.136 e. The molecular weight excluding hydrogens is 257 g/mol. The molecule has 2 aromatic rings. The molecule has 5 heteroatoms. The number of aliphatic hydroxyl groups is 1. The summed E-state index contributed by atoms with van der Waals surface area (Å²) in [5.74, 6) is -2.34. The van der Waals surface area contributed by atoms with Crippen LogP contribution in [-0.4, -0.2) is 5.11 Å². The molecule has 2 aromatic carbocycles. The first-order valence-electron chi connectivity index (χ1n) is 5.58. The lowest BCUT2D eigenvalue weighted by Crippen LogP contribution is -2.00. The highest BCUT2D eigenvalue weighted by Crippen LogP contribution is 2.32. The molecule has 0 radical (unpaired) electrons. The van der Waals surface area contributed by atoms with Gasteiger partial charge in [-0.2, -0.15) is 0 Å². The van der Waals surface area contributed by atoms with Gasteiger partial charge in [-0.05, 0) is 19.1 Å². The van der Waals surface area contributed by atoms with Gasteiger partial charge < -0.3 is 9.84 Å². The van der Waals surface area contributed by atoms with Crippen LogP contribution in [0.5, 0.6) is 11.5 Å². The van der Waals surface area contributed by atoms with Crippen LogP contribution in [0.2, 0.25) is 0 Å². The molecule has 100 valence electrons. The fourth-order valence-corrected chi connectivity index (χ4v) is 1.73. The fourth-order valence-electron chi connectivity index (χ4n) is 1.73. The summed E-state index contributed by atoms with van der Waals surface area (Å²) in [5.41, 5.74) is -0.0628. The van der Waals surface area contributed by atoms with E-state index in [0.29, 0.717) is 6.07 Å². The van der Waals surface area contributed by atoms with Gasteiger partial charge in [0.15, 0.2) is 0 Å². The molecule has 0 aliphatic carbocycles. The lowest BCUT2D eigenvalue weighted by atomic mass is 10.1. The lowest BCUT2D eigenvalue weighted by Gasteiger charge is -2.14. The minimum absolute atomic E-state index is 0.0139. The maximum atomic E-state index is 13.6. The third-order valence-electron chi connectivity index (χ3n) is 2.49. The SMILES string of the molecule is C[C@H](O)c1c(F)cccc1Oc1cc(F)cc(F)c1. The average molecular weight is 268 g/mol. The summed E-state index contributed by atoms with van der Waals surface area (Å²) in [4.78, 5) is 0. The van der Waals surface area contributed by atoms with Crippen molar-refractivity contribution >= 4 is 0 Å². The van der Waals surface area contributed by atoms with Crippen LogP contribution < -0.4 is 4.74 Å². The summed E-state index contributed by atoms with van der Waals surface area (Å²) in [5, 5.41) is 9.50. The van der Waals surface area contributed by atoms with Crippen LogP contribution in [0.25, 0.3) is 0 Å². The first-order valence-corrected chi connectivity index (χ1v) is 5.58. The van der Waals surface area contributed by atoms with Gasteiger partial charge >= 0.3 is 0 Å². The Morgan fingerprint density at radius 2 is 1.68 bits per heavy atom. The quantitative estimate of drug-likeness (QED) is 0.913. The molecular formula is C14H11F3O2. The topological polar surface area (TPSA) is 29.5 Å². The maximum absolute atomic E-state index is 13.6. The van der Waals surface area contributed by atoms with Gasteiger partial charge in [0.1, 0.15) is 29.0 Å². The van der Waals surface area contributed by atoms with E-state index in [1.807, 2.05) is 0 Å². The molecule has 0 aliphatic rings. The molecule has 0 aromatic heterocycles. The Morgan fingerprint density at radius 1 is 1.05 bits per heavy atom. The predicted molar refractivity (Wildman–Crippen MR) is 63.5 cm³/mol. The van der Waals surface area contributed by atoms with Gasteiger partial charge in [-0.15, -0.1) is 0 Å². The summed E-state index contributed by atoms with van der Waals surface area (Å²) >= 11 is 0. The van der Waals surface area contributed by atoms with Crippen LogP contribution in [-0.2, 0) is 0 Å². The molecule has 0 unspecified atom stereocenters. The van der Waals surface area contributed by atoms with Gasteiger partial charge in [-0.3, -0.25) is 0 Å². The van der Waals surface area contributed by atoms with Crippen molar-refractivity contribution in [3.63, 3.8) is 0 Å². The molecule has 1 N–H and O–H groups in total. The number of benzene rings is 2. The molecule has 0 spiro atoms. The molecule has 0 bridgehead atoms. The number of hydrogen-bond acceptors (Lipinski definition) is 2. The number of ether oxygens (including phenoxy) is 1. The normalized spacial score (nSPS) is 12.3. The van der Waals surface area contributed by atoms with E-state index < -0.39 is 23.6 Å². The number of halogens is 3. The van der Waals surface area contributed by atoms with Crippen LogP contribution in [0.1, 0.15) is 18.6 Å². The van der Waals surface area contributed by atoms with Crippen molar-refractivity contribution in [1.82, 2.24) is 0 Å². The van der Waals surface area contributed by atoms with Crippen molar-refractivity contribution in [3.05, 3.63) is 59.4 Å². The van der Waals surface area contributed by atoms with Crippen molar-refractivity contribution < 1.29 is 23.0 Å². The Labute approximate surface area is 108 Å². The lowest BCUT2D eigenvalue weighted by molar-refractivity contribution is 0.190. The number of hydrogen-bond donors (Lipinski definition) is 1. The van der Waals surface area contributed by atoms with E-state index >= 15 is 0 Å². The van der Waals surface area contributed by atoms with Crippen LogP contribution >= 0.6 is 0 Å². The second kappa shape index (κ2) is 5.32. The zero-order valence-electron chi connectivity index (χ0n) is 10.0. The van der Waals surface area contributed by atoms with E-state index in [2.05, 4.69) is 0 Å². The van der Waals surface area contributed by atoms with E-state index in [-0.39, 0.29) is 17.1 Å². The molecule has 0 fully saturated rings. The van der Waals surface area contributed by atoms with Gasteiger partial charge in [0.25, 0.3) is 0 Å². The first kappa shape index (κ1) is 13.4. The van der Waals surface area contributed by atoms with Crippen molar-refractivity contribution in [2.24, 2.45) is 0 Å². The number of rotatable bonds is 3. The van der Waals surface area contributed by atoms with Gasteiger partial charge in [-0.1, -0.05) is 6.07 Å². The van der Waals surface area contributed by atoms with E-state index in [4.69, 9.17) is 4.74 Å². The highest BCUT2D eigenvalue weighted by molar-refractivity contribution is 5.40. The predicted octanol–water partition coefficient (Wildman–Crippen LogP) is 3.95. The largest absolute Gasteiger partial charge is 0.457 e. The summed E-state index contributed by atoms with van der Waals surface area (Å²) in [6, 6.07) is 6.61. The molecule has 2 nitrogen and oxygen atoms in total. The molecule has 1 atom stereocenters. The molecule has 2 rings (SSSR count). The van der Waals surface area contributed by atoms with Gasteiger partial charge in [-0.25, -0.2) is 13.2 Å². The molecule has 0 saturated heterocycles. The Balaban J connectivity index is 2.40. The van der Waals surface area contributed by atoms with Crippen LogP contribution in [0.15, 0.2) is 36.4 Å². The minimum Gasteiger partial charge on any atom is -0.457 e. The summed E-state index contributed by atoms with van der Waals surface area (Å²) < 4.78 is 44.9. The van der Waals surface area contributed by atoms with Gasteiger partial charge in [0.05, 0.1) is 11.7 Å². The van der Waals surface area contributed by atoms with E-state index in [1.165, 1.54) is 25.1 Å². The second-order valence-electron chi connectivity index (χ2n) is 4.03. The van der Waals surface area contributed by atoms with Gasteiger partial charge in [0, 0.05) is 18.2 Å². The molecule has 19 heavy (non-hydrogen) atoms. The van der Waals surface area contributed by atoms with E-state index in [0.717, 1.165) is 12.1 Å². The van der Waals surface area contributed by atoms with E-state index in [1.54, 1.807) is 0 Å². The van der Waals surface area contributed by atoms with Crippen LogP contribution in [0, 0.1) is 17.5 Å². The second-order valence-corrected chi connectivity index (χ2v) is 4.03. The molecule has 0 saturated carbocycles. The van der Waals surface area contributed by atoms with Crippen molar-refractivity contribution in [3.8, 4) is 11.5 Å². The summed E-state index contributed by atoms with van der Waals surface area (Å²) in [7, 11) is 0. The Kier molecular flexibility index (Phi) is 3.76. The summed E-state index contributed by atoms with van der Waals surface area (Å²) in [6.07, 6.45) is -1.10. The Hall–Kier alpha value is -2.01. The highest BCUT2D eigenvalue weighted by Gasteiger charge is 2.15. The standard InChI is InChI=1S/C14H11F3O2/c1-8(18)14-12(17)3-2-4-13(14)19-11-6-9(15)5-10(16)7-11/h2-8,18H,1H3/t8-/m0/s1. The van der Waals surface area contributed by atoms with Crippen molar-refractivity contribution in [2.75, 3.05) is 0 Å². The zero-order chi connectivity index (χ0) is 14.0. The van der Waals surface area contributed by atoms with Crippen LogP contribution in [0.3, 0.4) is 0 Å². The first-order chi connectivity index (χ1) is 8.97. The van der Waals surface area contributed by atoms with Crippen LogP contribution in [0.4, 0.5) is 13.2 Å². The third-order valence-corrected chi connectivity index (χ3v) is 2.49. The van der Waals surface area contributed by atoms with Crippen molar-refractivity contribution in [1.29, 1.82) is 0 Å². The fraction of sp³-hybridized carbons (Fsp3) is 0.143. The molecule has 0 heterocycles. The average Bonchev–Trinajstić information content (AvgIpc) is 2.26. The zero-order valence-corrected chi connectivity index (χ0v) is 10.0. The van der Waals surface area contributed by atoms with E-state index in [9.17, 15) is 18.3 Å². The molecule has 0 aliphatic heterocycles. The third kappa shape index (κ3) is 3.06. The van der Waals surface area contributed by atoms with Gasteiger partial charge in [0.2, 0.25) is 0 Å². The van der Waals surface area contributed by atoms with Crippen molar-refractivity contribution in [2.45, 2.75) is 13.0 Å². The number of aliphatic hydroxyl groups excluding tert-OH is 1. The smallest absolute Gasteiger partial charge is 0.136 e. The Morgan fingerprint density at radius 3 is 2.26 bits per heavy atom. The Bertz CT molecular complexity index is 577. The monoisotopic (exact) mass is 268 g/mol.